The second-order valence-electron chi connectivity index (χ2n) is 5.95. The van der Waals surface area contributed by atoms with E-state index in [1.807, 2.05) is 0 Å². The number of nitrogens with zero attached hydrogens (tertiary/aromatic N) is 1. The van der Waals surface area contributed by atoms with Gasteiger partial charge in [-0.1, -0.05) is 0 Å². The van der Waals surface area contributed by atoms with Crippen LogP contribution in [0.1, 0.15) is 24.8 Å². The molecule has 7 nitrogen and oxygen atoms in total. The minimum atomic E-state index is -3.66. The molecule has 1 aromatic heterocycles. The van der Waals surface area contributed by atoms with E-state index < -0.39 is 22.2 Å². The van der Waals surface area contributed by atoms with Gasteiger partial charge in [0.1, 0.15) is 0 Å². The standard InChI is InChI=1S/C18H19IN2O5S/c19-15-5-7-16(8-6-15)27(23,24)21-11-10-14(13-21)4-9-17(22)20-26-18-3-1-2-12-25-18/h4-11,13,18H,1-3,12H2,(H,20,22)/b9-4+. The summed E-state index contributed by atoms with van der Waals surface area (Å²) in [6, 6.07) is 8.20. The van der Waals surface area contributed by atoms with Crippen LogP contribution >= 0.6 is 22.6 Å². The van der Waals surface area contributed by atoms with Crippen molar-refractivity contribution in [2.45, 2.75) is 30.4 Å². The molecule has 1 unspecified atom stereocenters. The van der Waals surface area contributed by atoms with Crippen LogP contribution in [0, 0.1) is 3.57 Å². The molecule has 144 valence electrons. The lowest BCUT2D eigenvalue weighted by Crippen LogP contribution is -2.32. The first kappa shape index (κ1) is 20.1. The highest BCUT2D eigenvalue weighted by molar-refractivity contribution is 14.1. The number of amides is 1. The lowest BCUT2D eigenvalue weighted by atomic mass is 10.2. The lowest BCUT2D eigenvalue weighted by molar-refractivity contribution is -0.198. The molecule has 0 radical (unpaired) electrons. The summed E-state index contributed by atoms with van der Waals surface area (Å²) in [5, 5.41) is 0. The molecule has 0 saturated carbocycles. The molecule has 1 N–H and O–H groups in total. The number of halogens is 1. The van der Waals surface area contributed by atoms with Crippen LogP contribution in [0.3, 0.4) is 0 Å². The number of hydroxylamine groups is 1. The number of rotatable bonds is 6. The van der Waals surface area contributed by atoms with Gasteiger partial charge >= 0.3 is 0 Å². The van der Waals surface area contributed by atoms with Gasteiger partial charge in [-0.05, 0) is 77.4 Å². The van der Waals surface area contributed by atoms with Crippen LogP contribution in [0.15, 0.2) is 53.7 Å². The molecule has 2 heterocycles. The number of carbonyl (C=O) groups is 1. The van der Waals surface area contributed by atoms with Crippen molar-refractivity contribution in [3.05, 3.63) is 57.9 Å². The number of ether oxygens (including phenoxy) is 1. The smallest absolute Gasteiger partial charge is 0.267 e. The zero-order valence-electron chi connectivity index (χ0n) is 14.4. The Bertz CT molecular complexity index is 915. The Labute approximate surface area is 171 Å². The molecular weight excluding hydrogens is 483 g/mol. The summed E-state index contributed by atoms with van der Waals surface area (Å²) < 4.78 is 32.6. The summed E-state index contributed by atoms with van der Waals surface area (Å²) in [5.41, 5.74) is 2.89. The SMILES string of the molecule is O=C(/C=C/c1ccn(S(=O)(=O)c2ccc(I)cc2)c1)NOC1CCCCO1. The summed E-state index contributed by atoms with van der Waals surface area (Å²) in [6.45, 7) is 0.624. The third-order valence-electron chi connectivity index (χ3n) is 3.94. The largest absolute Gasteiger partial charge is 0.350 e. The predicted molar refractivity (Wildman–Crippen MR) is 108 cm³/mol. The van der Waals surface area contributed by atoms with Gasteiger partial charge in [-0.25, -0.2) is 22.7 Å². The molecule has 9 heteroatoms. The zero-order chi connectivity index (χ0) is 19.3. The molecular formula is C18H19IN2O5S. The molecule has 2 aromatic rings. The summed E-state index contributed by atoms with van der Waals surface area (Å²) in [5.74, 6) is -0.447. The first-order valence-electron chi connectivity index (χ1n) is 8.39. The fraction of sp³-hybridized carbons (Fsp3) is 0.278. The van der Waals surface area contributed by atoms with E-state index in [1.54, 1.807) is 30.3 Å². The summed E-state index contributed by atoms with van der Waals surface area (Å²) in [4.78, 5) is 17.2. The van der Waals surface area contributed by atoms with E-state index in [-0.39, 0.29) is 4.90 Å². The molecule has 0 spiro atoms. The Morgan fingerprint density at radius 2 is 2.04 bits per heavy atom. The number of hydrogen-bond donors (Lipinski definition) is 1. The molecule has 1 saturated heterocycles. The number of benzene rings is 1. The molecule has 1 fully saturated rings. The van der Waals surface area contributed by atoms with Crippen molar-refractivity contribution in [2.24, 2.45) is 0 Å². The van der Waals surface area contributed by atoms with Crippen molar-refractivity contribution in [1.82, 2.24) is 9.45 Å². The fourth-order valence-electron chi connectivity index (χ4n) is 2.50. The summed E-state index contributed by atoms with van der Waals surface area (Å²) in [6.07, 6.45) is 7.99. The van der Waals surface area contributed by atoms with Crippen LogP contribution in [0.4, 0.5) is 0 Å². The highest BCUT2D eigenvalue weighted by Crippen LogP contribution is 2.17. The van der Waals surface area contributed by atoms with Gasteiger partial charge in [0.25, 0.3) is 15.9 Å². The zero-order valence-corrected chi connectivity index (χ0v) is 17.4. The monoisotopic (exact) mass is 502 g/mol. The quantitative estimate of drug-likeness (QED) is 0.373. The van der Waals surface area contributed by atoms with Crippen LogP contribution in [0.2, 0.25) is 0 Å². The molecule has 0 aliphatic carbocycles. The van der Waals surface area contributed by atoms with Gasteiger partial charge in [0.2, 0.25) is 0 Å². The highest BCUT2D eigenvalue weighted by Gasteiger charge is 2.17. The van der Waals surface area contributed by atoms with E-state index in [1.165, 1.54) is 24.5 Å². The van der Waals surface area contributed by atoms with E-state index >= 15 is 0 Å². The second kappa shape index (κ2) is 9.00. The molecule has 0 bridgehead atoms. The Morgan fingerprint density at radius 3 is 2.74 bits per heavy atom. The normalized spacial score (nSPS) is 17.9. The van der Waals surface area contributed by atoms with Gasteiger partial charge in [0, 0.05) is 35.1 Å². The fourth-order valence-corrected chi connectivity index (χ4v) is 4.07. The third-order valence-corrected chi connectivity index (χ3v) is 6.30. The van der Waals surface area contributed by atoms with Crippen molar-refractivity contribution in [3.63, 3.8) is 0 Å². The van der Waals surface area contributed by atoms with Crippen molar-refractivity contribution >= 4 is 44.6 Å². The lowest BCUT2D eigenvalue weighted by Gasteiger charge is -2.21. The predicted octanol–water partition coefficient (Wildman–Crippen LogP) is 2.92. The van der Waals surface area contributed by atoms with E-state index in [2.05, 4.69) is 28.1 Å². The summed E-state index contributed by atoms with van der Waals surface area (Å²) in [7, 11) is -3.66. The van der Waals surface area contributed by atoms with E-state index in [0.29, 0.717) is 12.2 Å². The van der Waals surface area contributed by atoms with E-state index in [0.717, 1.165) is 26.8 Å². The Kier molecular flexibility index (Phi) is 6.68. The molecule has 1 aromatic carbocycles. The van der Waals surface area contributed by atoms with Crippen molar-refractivity contribution in [3.8, 4) is 0 Å². The van der Waals surface area contributed by atoms with E-state index in [9.17, 15) is 13.2 Å². The van der Waals surface area contributed by atoms with Crippen LogP contribution in [0.25, 0.3) is 6.08 Å². The van der Waals surface area contributed by atoms with Crippen LogP contribution < -0.4 is 5.48 Å². The van der Waals surface area contributed by atoms with Gasteiger partial charge < -0.3 is 4.74 Å². The first-order valence-corrected chi connectivity index (χ1v) is 10.9. The maximum absolute atomic E-state index is 12.6. The Morgan fingerprint density at radius 1 is 1.26 bits per heavy atom. The Hall–Kier alpha value is -1.69. The number of aromatic nitrogens is 1. The molecule has 1 aliphatic rings. The van der Waals surface area contributed by atoms with Gasteiger partial charge in [-0.2, -0.15) is 0 Å². The van der Waals surface area contributed by atoms with Gasteiger partial charge in [0.15, 0.2) is 6.29 Å². The second-order valence-corrected chi connectivity index (χ2v) is 9.04. The van der Waals surface area contributed by atoms with Crippen LogP contribution in [0.5, 0.6) is 0 Å². The average molecular weight is 502 g/mol. The molecule has 1 aliphatic heterocycles. The van der Waals surface area contributed by atoms with Gasteiger partial charge in [-0.3, -0.25) is 4.79 Å². The first-order chi connectivity index (χ1) is 12.9. The minimum absolute atomic E-state index is 0.202. The summed E-state index contributed by atoms with van der Waals surface area (Å²) >= 11 is 2.11. The van der Waals surface area contributed by atoms with Crippen molar-refractivity contribution in [2.75, 3.05) is 6.61 Å². The van der Waals surface area contributed by atoms with E-state index in [4.69, 9.17) is 9.57 Å². The highest BCUT2D eigenvalue weighted by atomic mass is 127. The molecule has 27 heavy (non-hydrogen) atoms. The average Bonchev–Trinajstić information content (AvgIpc) is 3.16. The maximum Gasteiger partial charge on any atom is 0.267 e. The number of carbonyl (C=O) groups excluding carboxylic acids is 1. The van der Waals surface area contributed by atoms with Gasteiger partial charge in [0.05, 0.1) is 4.90 Å². The van der Waals surface area contributed by atoms with Crippen LogP contribution in [-0.2, 0) is 24.4 Å². The molecule has 1 amide bonds. The number of nitrogens with one attached hydrogen (secondary N) is 1. The molecule has 3 rings (SSSR count). The molecule has 1 atom stereocenters. The van der Waals surface area contributed by atoms with Crippen molar-refractivity contribution in [1.29, 1.82) is 0 Å². The minimum Gasteiger partial charge on any atom is -0.350 e. The topological polar surface area (TPSA) is 86.6 Å². The maximum atomic E-state index is 12.6. The Balaban J connectivity index is 1.60. The van der Waals surface area contributed by atoms with Crippen molar-refractivity contribution < 1.29 is 22.8 Å². The third kappa shape index (κ3) is 5.41. The number of hydrogen-bond acceptors (Lipinski definition) is 5. The van der Waals surface area contributed by atoms with Gasteiger partial charge in [-0.15, -0.1) is 0 Å². The van der Waals surface area contributed by atoms with Crippen LogP contribution in [-0.4, -0.2) is 31.2 Å².